The molecule has 0 spiro atoms. The van der Waals surface area contributed by atoms with Crippen LogP contribution in [0.1, 0.15) is 24.2 Å². The van der Waals surface area contributed by atoms with Gasteiger partial charge in [-0.2, -0.15) is 4.99 Å². The molecule has 0 aliphatic rings. The monoisotopic (exact) mass is 205 g/mol. The van der Waals surface area contributed by atoms with E-state index in [1.807, 2.05) is 0 Å². The van der Waals surface area contributed by atoms with Gasteiger partial charge in [0.2, 0.25) is 6.08 Å². The summed E-state index contributed by atoms with van der Waals surface area (Å²) in [4.78, 5) is 24.8. The Hall–Kier alpha value is -1.93. The third-order valence-electron chi connectivity index (χ3n) is 1.62. The zero-order chi connectivity index (χ0) is 11.3. The average molecular weight is 205 g/mol. The molecular formula is C11H11NO3. The van der Waals surface area contributed by atoms with Crippen LogP contribution < -0.4 is 0 Å². The van der Waals surface area contributed by atoms with Gasteiger partial charge in [-0.1, -0.05) is 0 Å². The maximum atomic E-state index is 11.4. The highest BCUT2D eigenvalue weighted by atomic mass is 16.5. The smallest absolute Gasteiger partial charge is 0.338 e. The van der Waals surface area contributed by atoms with E-state index in [4.69, 9.17) is 4.74 Å². The van der Waals surface area contributed by atoms with Crippen LogP contribution in [0.2, 0.25) is 0 Å². The van der Waals surface area contributed by atoms with Crippen molar-refractivity contribution in [2.24, 2.45) is 4.99 Å². The predicted octanol–water partition coefficient (Wildman–Crippen LogP) is 2.22. The fourth-order valence-corrected chi connectivity index (χ4v) is 1.01. The molecule has 0 aliphatic heterocycles. The molecule has 0 bridgehead atoms. The molecule has 0 atom stereocenters. The normalized spacial score (nSPS) is 9.53. The van der Waals surface area contributed by atoms with E-state index in [0.29, 0.717) is 11.3 Å². The summed E-state index contributed by atoms with van der Waals surface area (Å²) in [5, 5.41) is 0. The van der Waals surface area contributed by atoms with Crippen molar-refractivity contribution in [2.45, 2.75) is 20.0 Å². The van der Waals surface area contributed by atoms with Gasteiger partial charge in [-0.05, 0) is 38.1 Å². The Labute approximate surface area is 87.6 Å². The van der Waals surface area contributed by atoms with E-state index in [2.05, 4.69) is 4.99 Å². The Kier molecular flexibility index (Phi) is 3.77. The van der Waals surface area contributed by atoms with Crippen LogP contribution in [0.15, 0.2) is 29.3 Å². The molecule has 0 aliphatic carbocycles. The van der Waals surface area contributed by atoms with Crippen molar-refractivity contribution in [2.75, 3.05) is 0 Å². The summed E-state index contributed by atoms with van der Waals surface area (Å²) >= 11 is 0. The molecule has 0 N–H and O–H groups in total. The summed E-state index contributed by atoms with van der Waals surface area (Å²) in [6.45, 7) is 3.56. The number of carbonyl (C=O) groups is 1. The fraction of sp³-hybridized carbons (Fsp3) is 0.273. The zero-order valence-electron chi connectivity index (χ0n) is 8.56. The molecular weight excluding hydrogens is 194 g/mol. The third-order valence-corrected chi connectivity index (χ3v) is 1.62. The van der Waals surface area contributed by atoms with Gasteiger partial charge in [-0.3, -0.25) is 0 Å². The van der Waals surface area contributed by atoms with E-state index in [0.717, 1.165) is 0 Å². The van der Waals surface area contributed by atoms with Crippen LogP contribution in [-0.4, -0.2) is 18.2 Å². The SMILES string of the molecule is CC(C)OC(=O)c1ccc(N=C=O)cc1. The minimum atomic E-state index is -0.383. The molecule has 0 amide bonds. The molecule has 1 rings (SSSR count). The number of isocyanates is 1. The molecule has 4 nitrogen and oxygen atoms in total. The Bertz CT molecular complexity index is 389. The Morgan fingerprint density at radius 3 is 2.40 bits per heavy atom. The van der Waals surface area contributed by atoms with Gasteiger partial charge in [0.15, 0.2) is 0 Å². The van der Waals surface area contributed by atoms with Crippen LogP contribution in [0.25, 0.3) is 0 Å². The van der Waals surface area contributed by atoms with Crippen LogP contribution in [0.5, 0.6) is 0 Å². The molecule has 15 heavy (non-hydrogen) atoms. The summed E-state index contributed by atoms with van der Waals surface area (Å²) in [7, 11) is 0. The number of carbonyl (C=O) groups excluding carboxylic acids is 2. The van der Waals surface area contributed by atoms with Crippen LogP contribution in [0.4, 0.5) is 5.69 Å². The molecule has 78 valence electrons. The predicted molar refractivity (Wildman–Crippen MR) is 54.8 cm³/mol. The number of aliphatic imine (C=N–C) groups is 1. The van der Waals surface area contributed by atoms with Crippen LogP contribution in [0, 0.1) is 0 Å². The summed E-state index contributed by atoms with van der Waals surface area (Å²) in [5.74, 6) is -0.383. The minimum absolute atomic E-state index is 0.148. The summed E-state index contributed by atoms with van der Waals surface area (Å²) in [5.41, 5.74) is 0.902. The highest BCUT2D eigenvalue weighted by Gasteiger charge is 2.08. The molecule has 0 aromatic heterocycles. The molecule has 0 fully saturated rings. The Balaban J connectivity index is 2.79. The van der Waals surface area contributed by atoms with Crippen molar-refractivity contribution in [1.29, 1.82) is 0 Å². The van der Waals surface area contributed by atoms with Gasteiger partial charge in [0.1, 0.15) is 0 Å². The first kappa shape index (κ1) is 11.1. The second-order valence-corrected chi connectivity index (χ2v) is 3.20. The van der Waals surface area contributed by atoms with E-state index in [1.54, 1.807) is 38.1 Å². The van der Waals surface area contributed by atoms with E-state index in [-0.39, 0.29) is 12.1 Å². The van der Waals surface area contributed by atoms with Crippen molar-refractivity contribution in [1.82, 2.24) is 0 Å². The molecule has 1 aromatic rings. The lowest BCUT2D eigenvalue weighted by molar-refractivity contribution is 0.0378. The molecule has 4 heteroatoms. The zero-order valence-corrected chi connectivity index (χ0v) is 8.56. The third kappa shape index (κ3) is 3.37. The van der Waals surface area contributed by atoms with Gasteiger partial charge in [0.25, 0.3) is 0 Å². The van der Waals surface area contributed by atoms with Crippen molar-refractivity contribution >= 4 is 17.7 Å². The average Bonchev–Trinajstić information content (AvgIpc) is 2.18. The number of esters is 1. The highest BCUT2D eigenvalue weighted by molar-refractivity contribution is 5.89. The second kappa shape index (κ2) is 5.08. The first-order valence-electron chi connectivity index (χ1n) is 4.52. The topological polar surface area (TPSA) is 55.7 Å². The standard InChI is InChI=1S/C11H11NO3/c1-8(2)15-11(14)9-3-5-10(6-4-9)12-7-13/h3-6,8H,1-2H3. The number of hydrogen-bond donors (Lipinski definition) is 0. The first-order chi connectivity index (χ1) is 7.13. The molecule has 0 heterocycles. The summed E-state index contributed by atoms with van der Waals surface area (Å²) in [6, 6.07) is 6.23. The van der Waals surface area contributed by atoms with E-state index < -0.39 is 0 Å². The Morgan fingerprint density at radius 1 is 1.33 bits per heavy atom. The van der Waals surface area contributed by atoms with Crippen LogP contribution in [0.3, 0.4) is 0 Å². The van der Waals surface area contributed by atoms with E-state index >= 15 is 0 Å². The summed E-state index contributed by atoms with van der Waals surface area (Å²) < 4.78 is 4.99. The number of nitrogens with zero attached hydrogens (tertiary/aromatic N) is 1. The highest BCUT2D eigenvalue weighted by Crippen LogP contribution is 2.13. The van der Waals surface area contributed by atoms with Crippen molar-refractivity contribution < 1.29 is 14.3 Å². The van der Waals surface area contributed by atoms with Gasteiger partial charge >= 0.3 is 5.97 Å². The van der Waals surface area contributed by atoms with Gasteiger partial charge in [0, 0.05) is 0 Å². The van der Waals surface area contributed by atoms with Gasteiger partial charge in [0.05, 0.1) is 17.4 Å². The quantitative estimate of drug-likeness (QED) is 0.432. The van der Waals surface area contributed by atoms with E-state index in [1.165, 1.54) is 6.08 Å². The number of hydrogen-bond acceptors (Lipinski definition) is 4. The minimum Gasteiger partial charge on any atom is -0.459 e. The second-order valence-electron chi connectivity index (χ2n) is 3.20. The van der Waals surface area contributed by atoms with Gasteiger partial charge in [-0.25, -0.2) is 9.59 Å². The lowest BCUT2D eigenvalue weighted by Gasteiger charge is -2.07. The largest absolute Gasteiger partial charge is 0.459 e. The van der Waals surface area contributed by atoms with Crippen molar-refractivity contribution in [3.05, 3.63) is 29.8 Å². The maximum Gasteiger partial charge on any atom is 0.338 e. The fourth-order valence-electron chi connectivity index (χ4n) is 1.01. The van der Waals surface area contributed by atoms with Crippen LogP contribution >= 0.6 is 0 Å². The number of benzene rings is 1. The lowest BCUT2D eigenvalue weighted by Crippen LogP contribution is -2.11. The van der Waals surface area contributed by atoms with Crippen LogP contribution in [-0.2, 0) is 9.53 Å². The summed E-state index contributed by atoms with van der Waals surface area (Å²) in [6.07, 6.45) is 1.28. The maximum absolute atomic E-state index is 11.4. The lowest BCUT2D eigenvalue weighted by atomic mass is 10.2. The van der Waals surface area contributed by atoms with E-state index in [9.17, 15) is 9.59 Å². The van der Waals surface area contributed by atoms with Gasteiger partial charge < -0.3 is 4.74 Å². The number of rotatable bonds is 3. The van der Waals surface area contributed by atoms with Gasteiger partial charge in [-0.15, -0.1) is 0 Å². The molecule has 0 saturated carbocycles. The molecule has 0 unspecified atom stereocenters. The number of ether oxygens (including phenoxy) is 1. The molecule has 0 radical (unpaired) electrons. The van der Waals surface area contributed by atoms with Crippen molar-refractivity contribution in [3.8, 4) is 0 Å². The van der Waals surface area contributed by atoms with Crippen molar-refractivity contribution in [3.63, 3.8) is 0 Å². The molecule has 1 aromatic carbocycles. The molecule has 0 saturated heterocycles. The Morgan fingerprint density at radius 2 is 1.93 bits per heavy atom. The first-order valence-corrected chi connectivity index (χ1v) is 4.52.